The van der Waals surface area contributed by atoms with Crippen LogP contribution in [0.3, 0.4) is 0 Å². The van der Waals surface area contributed by atoms with E-state index in [4.69, 9.17) is 5.10 Å². The third-order valence-electron chi connectivity index (χ3n) is 4.05. The van der Waals surface area contributed by atoms with E-state index >= 15 is 0 Å². The SMILES string of the molecule is c1ccc2c(c1)ccc1cc(-c3cnc4ccccc4n3)nn12. The lowest BCUT2D eigenvalue weighted by molar-refractivity contribution is 1.00. The van der Waals surface area contributed by atoms with Crippen LogP contribution in [0.15, 0.2) is 72.9 Å². The average Bonchev–Trinajstić information content (AvgIpc) is 3.06. The number of hydrogen-bond donors (Lipinski definition) is 0. The van der Waals surface area contributed by atoms with Gasteiger partial charge in [0.15, 0.2) is 0 Å². The minimum atomic E-state index is 0.788. The number of benzene rings is 2. The predicted molar refractivity (Wildman–Crippen MR) is 91.2 cm³/mol. The zero-order valence-corrected chi connectivity index (χ0v) is 12.2. The maximum Gasteiger partial charge on any atom is 0.113 e. The molecule has 0 N–H and O–H groups in total. The van der Waals surface area contributed by atoms with Crippen molar-refractivity contribution in [3.05, 3.63) is 72.9 Å². The molecule has 3 aromatic heterocycles. The molecule has 0 aliphatic carbocycles. The fourth-order valence-corrected chi connectivity index (χ4v) is 2.91. The average molecular weight is 296 g/mol. The van der Waals surface area contributed by atoms with E-state index in [0.29, 0.717) is 0 Å². The minimum Gasteiger partial charge on any atom is -0.252 e. The normalized spacial score (nSPS) is 11.5. The number of pyridine rings is 1. The summed E-state index contributed by atoms with van der Waals surface area (Å²) < 4.78 is 1.96. The van der Waals surface area contributed by atoms with Gasteiger partial charge in [-0.3, -0.25) is 4.98 Å². The molecule has 0 amide bonds. The third kappa shape index (κ3) is 1.89. The molecule has 0 saturated carbocycles. The first kappa shape index (κ1) is 12.3. The molecular weight excluding hydrogens is 284 g/mol. The number of aromatic nitrogens is 4. The van der Waals surface area contributed by atoms with Gasteiger partial charge >= 0.3 is 0 Å². The molecular formula is C19H12N4. The Balaban J connectivity index is 1.76. The van der Waals surface area contributed by atoms with Gasteiger partial charge < -0.3 is 0 Å². The highest BCUT2D eigenvalue weighted by atomic mass is 15.2. The number of fused-ring (bicyclic) bond motifs is 4. The molecule has 4 heteroatoms. The van der Waals surface area contributed by atoms with Gasteiger partial charge in [0.2, 0.25) is 0 Å². The monoisotopic (exact) mass is 296 g/mol. The summed E-state index contributed by atoms with van der Waals surface area (Å²) in [6.07, 6.45) is 1.78. The molecule has 23 heavy (non-hydrogen) atoms. The fraction of sp³-hybridized carbons (Fsp3) is 0. The third-order valence-corrected chi connectivity index (χ3v) is 4.05. The summed E-state index contributed by atoms with van der Waals surface area (Å²) in [6, 6.07) is 22.3. The Morgan fingerprint density at radius 3 is 2.52 bits per heavy atom. The lowest BCUT2D eigenvalue weighted by Crippen LogP contribution is -1.92. The zero-order valence-electron chi connectivity index (χ0n) is 12.2. The van der Waals surface area contributed by atoms with Gasteiger partial charge in [0.05, 0.1) is 28.3 Å². The standard InChI is InChI=1S/C19H12N4/c1-4-8-19-13(5-1)9-10-14-11-17(22-23(14)19)18-12-20-15-6-2-3-7-16(15)21-18/h1-12H. The first-order valence-corrected chi connectivity index (χ1v) is 7.48. The minimum absolute atomic E-state index is 0.788. The largest absolute Gasteiger partial charge is 0.252 e. The molecule has 0 bridgehead atoms. The summed E-state index contributed by atoms with van der Waals surface area (Å²) in [5, 5.41) is 5.90. The van der Waals surface area contributed by atoms with Gasteiger partial charge in [-0.25, -0.2) is 9.50 Å². The summed E-state index contributed by atoms with van der Waals surface area (Å²) in [6.45, 7) is 0. The van der Waals surface area contributed by atoms with Crippen LogP contribution in [0.25, 0.3) is 38.8 Å². The maximum absolute atomic E-state index is 4.73. The molecule has 0 atom stereocenters. The molecule has 5 rings (SSSR count). The molecule has 0 aliphatic rings. The van der Waals surface area contributed by atoms with Gasteiger partial charge in [-0.05, 0) is 30.3 Å². The molecule has 0 fully saturated rings. The second-order valence-corrected chi connectivity index (χ2v) is 5.50. The van der Waals surface area contributed by atoms with E-state index in [-0.39, 0.29) is 0 Å². The van der Waals surface area contributed by atoms with E-state index in [1.54, 1.807) is 6.20 Å². The molecule has 0 spiro atoms. The predicted octanol–water partition coefficient (Wildman–Crippen LogP) is 4.10. The fourth-order valence-electron chi connectivity index (χ4n) is 2.91. The van der Waals surface area contributed by atoms with Crippen molar-refractivity contribution in [2.75, 3.05) is 0 Å². The van der Waals surface area contributed by atoms with E-state index < -0.39 is 0 Å². The molecule has 0 radical (unpaired) electrons. The first-order valence-electron chi connectivity index (χ1n) is 7.48. The highest BCUT2D eigenvalue weighted by Gasteiger charge is 2.09. The zero-order chi connectivity index (χ0) is 15.2. The van der Waals surface area contributed by atoms with Crippen molar-refractivity contribution < 1.29 is 0 Å². The van der Waals surface area contributed by atoms with Crippen molar-refractivity contribution in [1.29, 1.82) is 0 Å². The number of para-hydroxylation sites is 3. The van der Waals surface area contributed by atoms with Crippen molar-refractivity contribution >= 4 is 27.5 Å². The molecule has 0 aliphatic heterocycles. The molecule has 108 valence electrons. The quantitative estimate of drug-likeness (QED) is 0.468. The molecule has 2 aromatic carbocycles. The molecule has 0 unspecified atom stereocenters. The van der Waals surface area contributed by atoms with E-state index in [1.807, 2.05) is 47.0 Å². The van der Waals surface area contributed by atoms with E-state index in [1.165, 1.54) is 5.39 Å². The van der Waals surface area contributed by atoms with Crippen molar-refractivity contribution in [1.82, 2.24) is 19.6 Å². The van der Waals surface area contributed by atoms with E-state index in [9.17, 15) is 0 Å². The topological polar surface area (TPSA) is 43.1 Å². The molecule has 0 saturated heterocycles. The van der Waals surface area contributed by atoms with Crippen LogP contribution in [0, 0.1) is 0 Å². The lowest BCUT2D eigenvalue weighted by atomic mass is 10.2. The summed E-state index contributed by atoms with van der Waals surface area (Å²) in [5.41, 5.74) is 5.53. The lowest BCUT2D eigenvalue weighted by Gasteiger charge is -2.00. The van der Waals surface area contributed by atoms with Gasteiger partial charge in [0, 0.05) is 5.39 Å². The van der Waals surface area contributed by atoms with Crippen molar-refractivity contribution in [2.45, 2.75) is 0 Å². The summed E-state index contributed by atoms with van der Waals surface area (Å²) in [7, 11) is 0. The summed E-state index contributed by atoms with van der Waals surface area (Å²) in [4.78, 5) is 9.16. The van der Waals surface area contributed by atoms with Crippen LogP contribution in [0.1, 0.15) is 0 Å². The number of hydrogen-bond acceptors (Lipinski definition) is 3. The molecule has 4 nitrogen and oxygen atoms in total. The highest BCUT2D eigenvalue weighted by molar-refractivity contribution is 5.83. The van der Waals surface area contributed by atoms with Gasteiger partial charge in [-0.15, -0.1) is 0 Å². The maximum atomic E-state index is 4.73. The van der Waals surface area contributed by atoms with Gasteiger partial charge in [-0.2, -0.15) is 5.10 Å². The summed E-state index contributed by atoms with van der Waals surface area (Å²) >= 11 is 0. The molecule has 3 heterocycles. The van der Waals surface area contributed by atoms with Crippen molar-refractivity contribution in [3.63, 3.8) is 0 Å². The Morgan fingerprint density at radius 2 is 1.57 bits per heavy atom. The van der Waals surface area contributed by atoms with Gasteiger partial charge in [-0.1, -0.05) is 36.4 Å². The van der Waals surface area contributed by atoms with Crippen LogP contribution in [-0.4, -0.2) is 19.6 Å². The van der Waals surface area contributed by atoms with Gasteiger partial charge in [0.1, 0.15) is 11.4 Å². The van der Waals surface area contributed by atoms with Crippen LogP contribution in [-0.2, 0) is 0 Å². The smallest absolute Gasteiger partial charge is 0.113 e. The van der Waals surface area contributed by atoms with Crippen LogP contribution in [0.4, 0.5) is 0 Å². The van der Waals surface area contributed by atoms with Crippen molar-refractivity contribution in [3.8, 4) is 11.4 Å². The highest BCUT2D eigenvalue weighted by Crippen LogP contribution is 2.23. The second-order valence-electron chi connectivity index (χ2n) is 5.50. The van der Waals surface area contributed by atoms with Crippen LogP contribution in [0.2, 0.25) is 0 Å². The Morgan fingerprint density at radius 1 is 0.739 bits per heavy atom. The number of rotatable bonds is 1. The van der Waals surface area contributed by atoms with Gasteiger partial charge in [0.25, 0.3) is 0 Å². The van der Waals surface area contributed by atoms with Crippen LogP contribution >= 0.6 is 0 Å². The first-order chi connectivity index (χ1) is 11.4. The van der Waals surface area contributed by atoms with Crippen LogP contribution < -0.4 is 0 Å². The van der Waals surface area contributed by atoms with E-state index in [2.05, 4.69) is 34.2 Å². The Bertz CT molecular complexity index is 1170. The second kappa shape index (κ2) is 4.61. The van der Waals surface area contributed by atoms with E-state index in [0.717, 1.165) is 33.5 Å². The Hall–Kier alpha value is -3.27. The number of nitrogens with zero attached hydrogens (tertiary/aromatic N) is 4. The van der Waals surface area contributed by atoms with Crippen LogP contribution in [0.5, 0.6) is 0 Å². The Kier molecular flexibility index (Phi) is 2.46. The Labute approximate surface area is 132 Å². The summed E-state index contributed by atoms with van der Waals surface area (Å²) in [5.74, 6) is 0. The van der Waals surface area contributed by atoms with Crippen molar-refractivity contribution in [2.24, 2.45) is 0 Å². The molecule has 5 aromatic rings.